The Hall–Kier alpha value is -0.480. The predicted octanol–water partition coefficient (Wildman–Crippen LogP) is 0.576. The first-order valence-corrected chi connectivity index (χ1v) is 2.94. The lowest BCUT2D eigenvalue weighted by molar-refractivity contribution is 0.749. The van der Waals surface area contributed by atoms with E-state index in [1.165, 1.54) is 12.8 Å². The smallest absolute Gasteiger partial charge is 0.0690 e. The van der Waals surface area contributed by atoms with Crippen molar-refractivity contribution in [2.45, 2.75) is 18.9 Å². The molecule has 8 heavy (non-hydrogen) atoms. The molecule has 1 atom stereocenters. The average molecular weight is 108 g/mol. The lowest BCUT2D eigenvalue weighted by atomic mass is 10.2. The summed E-state index contributed by atoms with van der Waals surface area (Å²) in [5.74, 6) is 5.62. The van der Waals surface area contributed by atoms with Gasteiger partial charge in [-0.2, -0.15) is 0 Å². The highest BCUT2D eigenvalue weighted by atomic mass is 14.9. The van der Waals surface area contributed by atoms with Crippen LogP contribution in [0.1, 0.15) is 12.8 Å². The van der Waals surface area contributed by atoms with E-state index in [1.807, 2.05) is 0 Å². The number of hydrogen-bond donors (Lipinski definition) is 1. The number of nitrogens with one attached hydrogen (secondary N) is 1. The van der Waals surface area contributed by atoms with Crippen LogP contribution >= 0.6 is 0 Å². The SMILES string of the molecule is [CH2]C#CC1CCCN1. The van der Waals surface area contributed by atoms with E-state index in [9.17, 15) is 0 Å². The van der Waals surface area contributed by atoms with Crippen LogP contribution in [0.3, 0.4) is 0 Å². The summed E-state index contributed by atoms with van der Waals surface area (Å²) in [7, 11) is 0. The average Bonchev–Trinajstić information content (AvgIpc) is 2.19. The number of rotatable bonds is 0. The van der Waals surface area contributed by atoms with Gasteiger partial charge in [-0.25, -0.2) is 0 Å². The van der Waals surface area contributed by atoms with Crippen LogP contribution < -0.4 is 5.32 Å². The molecule has 0 aliphatic carbocycles. The first-order valence-electron chi connectivity index (χ1n) is 2.94. The molecular weight excluding hydrogens is 98.1 g/mol. The van der Waals surface area contributed by atoms with Crippen molar-refractivity contribution in [3.63, 3.8) is 0 Å². The third-order valence-corrected chi connectivity index (χ3v) is 1.34. The van der Waals surface area contributed by atoms with Gasteiger partial charge < -0.3 is 5.32 Å². The highest BCUT2D eigenvalue weighted by Gasteiger charge is 2.08. The Morgan fingerprint density at radius 1 is 1.62 bits per heavy atom. The van der Waals surface area contributed by atoms with Crippen LogP contribution in [0.25, 0.3) is 0 Å². The van der Waals surface area contributed by atoms with Crippen molar-refractivity contribution in [3.05, 3.63) is 6.92 Å². The van der Waals surface area contributed by atoms with Crippen LogP contribution in [0.4, 0.5) is 0 Å². The van der Waals surface area contributed by atoms with Crippen LogP contribution in [-0.4, -0.2) is 12.6 Å². The van der Waals surface area contributed by atoms with Gasteiger partial charge >= 0.3 is 0 Å². The van der Waals surface area contributed by atoms with Gasteiger partial charge in [-0.1, -0.05) is 5.92 Å². The highest BCUT2D eigenvalue weighted by molar-refractivity contribution is 5.10. The molecule has 1 fully saturated rings. The quantitative estimate of drug-likeness (QED) is 0.447. The molecule has 1 aliphatic heterocycles. The minimum atomic E-state index is 0.437. The lowest BCUT2D eigenvalue weighted by Crippen LogP contribution is -2.18. The molecule has 0 amide bonds. The molecule has 1 nitrogen and oxygen atoms in total. The Kier molecular flexibility index (Phi) is 1.93. The second-order valence-electron chi connectivity index (χ2n) is 1.97. The van der Waals surface area contributed by atoms with Crippen molar-refractivity contribution in [2.24, 2.45) is 0 Å². The van der Waals surface area contributed by atoms with E-state index in [0.717, 1.165) is 6.54 Å². The zero-order chi connectivity index (χ0) is 5.82. The van der Waals surface area contributed by atoms with E-state index >= 15 is 0 Å². The van der Waals surface area contributed by atoms with E-state index < -0.39 is 0 Å². The summed E-state index contributed by atoms with van der Waals surface area (Å²) in [5, 5.41) is 3.24. The Balaban J connectivity index is 2.32. The van der Waals surface area contributed by atoms with Crippen molar-refractivity contribution >= 4 is 0 Å². The first-order chi connectivity index (χ1) is 3.93. The molecule has 0 spiro atoms. The Bertz CT molecular complexity index is 112. The molecule has 0 bridgehead atoms. The zero-order valence-corrected chi connectivity index (χ0v) is 4.91. The molecule has 1 radical (unpaired) electrons. The zero-order valence-electron chi connectivity index (χ0n) is 4.91. The van der Waals surface area contributed by atoms with Crippen molar-refractivity contribution in [2.75, 3.05) is 6.54 Å². The van der Waals surface area contributed by atoms with Crippen molar-refractivity contribution in [3.8, 4) is 11.8 Å². The Morgan fingerprint density at radius 2 is 2.50 bits per heavy atom. The Morgan fingerprint density at radius 3 is 3.00 bits per heavy atom. The molecule has 0 aromatic rings. The van der Waals surface area contributed by atoms with Gasteiger partial charge in [0.25, 0.3) is 0 Å². The molecule has 0 saturated carbocycles. The third-order valence-electron chi connectivity index (χ3n) is 1.34. The maximum Gasteiger partial charge on any atom is 0.0690 e. The largest absolute Gasteiger partial charge is 0.304 e. The van der Waals surface area contributed by atoms with E-state index in [2.05, 4.69) is 24.1 Å². The normalized spacial score (nSPS) is 26.9. The summed E-state index contributed by atoms with van der Waals surface area (Å²) in [4.78, 5) is 0. The minimum absolute atomic E-state index is 0.437. The molecule has 43 valence electrons. The molecule has 1 unspecified atom stereocenters. The lowest BCUT2D eigenvalue weighted by Gasteiger charge is -1.95. The van der Waals surface area contributed by atoms with E-state index in [1.54, 1.807) is 0 Å². The monoisotopic (exact) mass is 108 g/mol. The summed E-state index contributed by atoms with van der Waals surface area (Å²) in [6.45, 7) is 4.57. The van der Waals surface area contributed by atoms with Crippen LogP contribution in [0.15, 0.2) is 0 Å². The van der Waals surface area contributed by atoms with Crippen molar-refractivity contribution in [1.29, 1.82) is 0 Å². The summed E-state index contributed by atoms with van der Waals surface area (Å²) < 4.78 is 0. The van der Waals surface area contributed by atoms with Gasteiger partial charge in [0.05, 0.1) is 6.04 Å². The fourth-order valence-corrected chi connectivity index (χ4v) is 0.931. The fraction of sp³-hybridized carbons (Fsp3) is 0.571. The maximum atomic E-state index is 3.45. The summed E-state index contributed by atoms with van der Waals surface area (Å²) in [6, 6.07) is 0.437. The molecular formula is C7H10N. The minimum Gasteiger partial charge on any atom is -0.304 e. The van der Waals surface area contributed by atoms with Gasteiger partial charge in [0.2, 0.25) is 0 Å². The molecule has 1 N–H and O–H groups in total. The molecule has 1 heteroatoms. The van der Waals surface area contributed by atoms with Gasteiger partial charge in [-0.15, -0.1) is 5.92 Å². The summed E-state index contributed by atoms with van der Waals surface area (Å²) >= 11 is 0. The predicted molar refractivity (Wildman–Crippen MR) is 34.2 cm³/mol. The van der Waals surface area contributed by atoms with Gasteiger partial charge in [-0.3, -0.25) is 0 Å². The fourth-order valence-electron chi connectivity index (χ4n) is 0.931. The molecule has 0 aromatic carbocycles. The molecule has 0 aromatic heterocycles. The second-order valence-corrected chi connectivity index (χ2v) is 1.97. The first kappa shape index (κ1) is 5.65. The number of hydrogen-bond acceptors (Lipinski definition) is 1. The van der Waals surface area contributed by atoms with E-state index in [-0.39, 0.29) is 0 Å². The highest BCUT2D eigenvalue weighted by Crippen LogP contribution is 2.02. The van der Waals surface area contributed by atoms with Crippen molar-refractivity contribution < 1.29 is 0 Å². The van der Waals surface area contributed by atoms with Gasteiger partial charge in [0.15, 0.2) is 0 Å². The van der Waals surface area contributed by atoms with Gasteiger partial charge in [0, 0.05) is 6.92 Å². The standard InChI is InChI=1S/C7H10N/c1-2-4-7-5-3-6-8-7/h7-8H,1,3,5-6H2. The molecule has 1 rings (SSSR count). The maximum absolute atomic E-state index is 3.45. The van der Waals surface area contributed by atoms with Crippen LogP contribution in [0.5, 0.6) is 0 Å². The van der Waals surface area contributed by atoms with Crippen LogP contribution in [0.2, 0.25) is 0 Å². The van der Waals surface area contributed by atoms with E-state index in [4.69, 9.17) is 0 Å². The molecule has 1 aliphatic rings. The third kappa shape index (κ3) is 1.24. The molecule has 1 heterocycles. The van der Waals surface area contributed by atoms with Gasteiger partial charge in [0.1, 0.15) is 0 Å². The van der Waals surface area contributed by atoms with Crippen LogP contribution in [0, 0.1) is 18.8 Å². The summed E-state index contributed by atoms with van der Waals surface area (Å²) in [6.07, 6.45) is 2.46. The molecule has 1 saturated heterocycles. The van der Waals surface area contributed by atoms with E-state index in [0.29, 0.717) is 6.04 Å². The van der Waals surface area contributed by atoms with Crippen LogP contribution in [-0.2, 0) is 0 Å². The topological polar surface area (TPSA) is 12.0 Å². The summed E-state index contributed by atoms with van der Waals surface area (Å²) in [5.41, 5.74) is 0. The second kappa shape index (κ2) is 2.74. The Labute approximate surface area is 50.5 Å². The van der Waals surface area contributed by atoms with Gasteiger partial charge in [-0.05, 0) is 19.4 Å². The van der Waals surface area contributed by atoms with Crippen molar-refractivity contribution in [1.82, 2.24) is 5.32 Å².